The summed E-state index contributed by atoms with van der Waals surface area (Å²) < 4.78 is 0. The Balaban J connectivity index is 1.35. The minimum atomic E-state index is -0.0516. The van der Waals surface area contributed by atoms with Crippen LogP contribution in [0.1, 0.15) is 42.5 Å². The number of benzene rings is 2. The molecule has 152 valence electrons. The number of nitrogens with one attached hydrogen (secondary N) is 1. The third-order valence-corrected chi connectivity index (χ3v) is 6.03. The van der Waals surface area contributed by atoms with E-state index in [1.807, 2.05) is 53.4 Å². The normalized spacial score (nSPS) is 17.8. The Kier molecular flexibility index (Phi) is 6.13. The van der Waals surface area contributed by atoms with E-state index < -0.39 is 0 Å². The molecule has 0 saturated carbocycles. The number of carbonyl (C=O) groups is 2. The van der Waals surface area contributed by atoms with Crippen LogP contribution in [-0.2, 0) is 4.79 Å². The Morgan fingerprint density at radius 1 is 0.793 bits per heavy atom. The van der Waals surface area contributed by atoms with Gasteiger partial charge < -0.3 is 15.1 Å². The molecule has 2 aromatic rings. The van der Waals surface area contributed by atoms with E-state index in [0.717, 1.165) is 24.5 Å². The zero-order chi connectivity index (χ0) is 20.1. The van der Waals surface area contributed by atoms with Gasteiger partial charge in [0.2, 0.25) is 5.91 Å². The van der Waals surface area contributed by atoms with Gasteiger partial charge in [0, 0.05) is 37.7 Å². The maximum atomic E-state index is 12.9. The van der Waals surface area contributed by atoms with Crippen molar-refractivity contribution < 1.29 is 9.59 Å². The fourth-order valence-electron chi connectivity index (χ4n) is 4.33. The smallest absolute Gasteiger partial charge is 0.253 e. The minimum absolute atomic E-state index is 0.0516. The van der Waals surface area contributed by atoms with Crippen molar-refractivity contribution in [1.82, 2.24) is 4.90 Å². The number of nitrogens with zero attached hydrogens (tertiary/aromatic N) is 2. The van der Waals surface area contributed by atoms with Crippen molar-refractivity contribution in [3.63, 3.8) is 0 Å². The first-order chi connectivity index (χ1) is 14.2. The van der Waals surface area contributed by atoms with Crippen molar-refractivity contribution in [2.75, 3.05) is 36.4 Å². The van der Waals surface area contributed by atoms with E-state index in [1.165, 1.54) is 19.3 Å². The SMILES string of the molecule is O=C(Nc1ccccc1N1CCCCC1)C1CCN(C(=O)c2ccccc2)CC1. The number of piperidine rings is 2. The lowest BCUT2D eigenvalue weighted by Crippen LogP contribution is -2.41. The van der Waals surface area contributed by atoms with E-state index in [0.29, 0.717) is 31.5 Å². The first-order valence-corrected chi connectivity index (χ1v) is 10.7. The van der Waals surface area contributed by atoms with Crippen molar-refractivity contribution in [3.8, 4) is 0 Å². The molecule has 0 unspecified atom stereocenters. The number of rotatable bonds is 4. The molecule has 2 aliphatic heterocycles. The molecule has 0 aliphatic carbocycles. The first kappa shape index (κ1) is 19.5. The molecule has 2 aromatic carbocycles. The number of hydrogen-bond acceptors (Lipinski definition) is 3. The van der Waals surface area contributed by atoms with Crippen molar-refractivity contribution in [3.05, 3.63) is 60.2 Å². The fourth-order valence-corrected chi connectivity index (χ4v) is 4.33. The number of para-hydroxylation sites is 2. The van der Waals surface area contributed by atoms with Gasteiger partial charge in [0.25, 0.3) is 5.91 Å². The topological polar surface area (TPSA) is 52.7 Å². The summed E-state index contributed by atoms with van der Waals surface area (Å²) in [7, 11) is 0. The van der Waals surface area contributed by atoms with Gasteiger partial charge in [0.1, 0.15) is 0 Å². The number of amides is 2. The average Bonchev–Trinajstić information content (AvgIpc) is 2.80. The van der Waals surface area contributed by atoms with Crippen LogP contribution in [0, 0.1) is 5.92 Å². The second kappa shape index (κ2) is 9.12. The van der Waals surface area contributed by atoms with Crippen molar-refractivity contribution in [2.24, 2.45) is 5.92 Å². The lowest BCUT2D eigenvalue weighted by atomic mass is 9.95. The molecule has 2 heterocycles. The number of hydrogen-bond donors (Lipinski definition) is 1. The molecule has 1 N–H and O–H groups in total. The second-order valence-corrected chi connectivity index (χ2v) is 7.99. The molecule has 4 rings (SSSR count). The predicted octanol–water partition coefficient (Wildman–Crippen LogP) is 4.17. The van der Waals surface area contributed by atoms with Crippen LogP contribution in [0.15, 0.2) is 54.6 Å². The van der Waals surface area contributed by atoms with Gasteiger partial charge in [-0.1, -0.05) is 30.3 Å². The van der Waals surface area contributed by atoms with Gasteiger partial charge in [-0.2, -0.15) is 0 Å². The summed E-state index contributed by atoms with van der Waals surface area (Å²) in [6.07, 6.45) is 5.10. The molecule has 0 atom stereocenters. The molecule has 2 amide bonds. The van der Waals surface area contributed by atoms with Crippen LogP contribution in [0.4, 0.5) is 11.4 Å². The lowest BCUT2D eigenvalue weighted by Gasteiger charge is -2.33. The van der Waals surface area contributed by atoms with Crippen LogP contribution in [0.2, 0.25) is 0 Å². The van der Waals surface area contributed by atoms with E-state index in [9.17, 15) is 9.59 Å². The largest absolute Gasteiger partial charge is 0.370 e. The van der Waals surface area contributed by atoms with Gasteiger partial charge in [0.05, 0.1) is 11.4 Å². The molecule has 0 spiro atoms. The molecule has 29 heavy (non-hydrogen) atoms. The van der Waals surface area contributed by atoms with E-state index >= 15 is 0 Å². The van der Waals surface area contributed by atoms with Crippen molar-refractivity contribution in [2.45, 2.75) is 32.1 Å². The molecule has 0 aromatic heterocycles. The molecule has 2 fully saturated rings. The van der Waals surface area contributed by atoms with E-state index in [1.54, 1.807) is 0 Å². The standard InChI is InChI=1S/C24H29N3O2/c28-23(25-21-11-5-6-12-22(21)26-15-7-2-8-16-26)19-13-17-27(18-14-19)24(29)20-9-3-1-4-10-20/h1,3-6,9-12,19H,2,7-8,13-18H2,(H,25,28). The van der Waals surface area contributed by atoms with Crippen molar-refractivity contribution in [1.29, 1.82) is 0 Å². The van der Waals surface area contributed by atoms with Crippen LogP contribution >= 0.6 is 0 Å². The van der Waals surface area contributed by atoms with Gasteiger partial charge >= 0.3 is 0 Å². The summed E-state index contributed by atoms with van der Waals surface area (Å²) in [5, 5.41) is 3.17. The summed E-state index contributed by atoms with van der Waals surface area (Å²) >= 11 is 0. The lowest BCUT2D eigenvalue weighted by molar-refractivity contribution is -0.121. The molecular weight excluding hydrogens is 362 g/mol. The highest BCUT2D eigenvalue weighted by Crippen LogP contribution is 2.29. The Hall–Kier alpha value is -2.82. The highest BCUT2D eigenvalue weighted by atomic mass is 16.2. The Labute approximate surface area is 172 Å². The highest BCUT2D eigenvalue weighted by molar-refractivity contribution is 5.97. The maximum absolute atomic E-state index is 12.9. The van der Waals surface area contributed by atoms with Crippen LogP contribution < -0.4 is 10.2 Å². The number of carbonyl (C=O) groups excluding carboxylic acids is 2. The minimum Gasteiger partial charge on any atom is -0.370 e. The van der Waals surface area contributed by atoms with Gasteiger partial charge in [-0.05, 0) is 56.4 Å². The quantitative estimate of drug-likeness (QED) is 0.851. The Morgan fingerprint density at radius 3 is 2.17 bits per heavy atom. The van der Waals surface area contributed by atoms with Crippen molar-refractivity contribution >= 4 is 23.2 Å². The number of anilines is 2. The summed E-state index contributed by atoms with van der Waals surface area (Å²) in [6, 6.07) is 17.5. The summed E-state index contributed by atoms with van der Waals surface area (Å²) in [6.45, 7) is 3.35. The zero-order valence-electron chi connectivity index (χ0n) is 16.8. The summed E-state index contributed by atoms with van der Waals surface area (Å²) in [4.78, 5) is 29.8. The van der Waals surface area contributed by atoms with Gasteiger partial charge in [-0.3, -0.25) is 9.59 Å². The summed E-state index contributed by atoms with van der Waals surface area (Å²) in [5.41, 5.74) is 2.74. The third kappa shape index (κ3) is 4.61. The zero-order valence-corrected chi connectivity index (χ0v) is 16.8. The van der Waals surface area contributed by atoms with Gasteiger partial charge in [0.15, 0.2) is 0 Å². The Bertz CT molecular complexity index is 838. The molecule has 5 heteroatoms. The maximum Gasteiger partial charge on any atom is 0.253 e. The van der Waals surface area contributed by atoms with E-state index in [-0.39, 0.29) is 17.7 Å². The molecule has 2 aliphatic rings. The van der Waals surface area contributed by atoms with E-state index in [4.69, 9.17) is 0 Å². The monoisotopic (exact) mass is 391 g/mol. The predicted molar refractivity (Wildman–Crippen MR) is 116 cm³/mol. The summed E-state index contributed by atoms with van der Waals surface area (Å²) in [5.74, 6) is 0.0745. The van der Waals surface area contributed by atoms with Crippen LogP contribution in [-0.4, -0.2) is 42.9 Å². The number of likely N-dealkylation sites (tertiary alicyclic amines) is 1. The highest BCUT2D eigenvalue weighted by Gasteiger charge is 2.28. The third-order valence-electron chi connectivity index (χ3n) is 6.03. The molecular formula is C24H29N3O2. The molecule has 0 radical (unpaired) electrons. The molecule has 2 saturated heterocycles. The molecule has 0 bridgehead atoms. The second-order valence-electron chi connectivity index (χ2n) is 7.99. The van der Waals surface area contributed by atoms with E-state index in [2.05, 4.69) is 16.3 Å². The fraction of sp³-hybridized carbons (Fsp3) is 0.417. The Morgan fingerprint density at radius 2 is 1.45 bits per heavy atom. The first-order valence-electron chi connectivity index (χ1n) is 10.7. The van der Waals surface area contributed by atoms with Crippen LogP contribution in [0.5, 0.6) is 0 Å². The molecule has 5 nitrogen and oxygen atoms in total. The van der Waals surface area contributed by atoms with Crippen LogP contribution in [0.25, 0.3) is 0 Å². The average molecular weight is 392 g/mol. The van der Waals surface area contributed by atoms with Gasteiger partial charge in [-0.25, -0.2) is 0 Å². The van der Waals surface area contributed by atoms with Gasteiger partial charge in [-0.15, -0.1) is 0 Å². The van der Waals surface area contributed by atoms with Crippen LogP contribution in [0.3, 0.4) is 0 Å².